The van der Waals surface area contributed by atoms with E-state index in [0.29, 0.717) is 12.2 Å². The molecule has 0 bridgehead atoms. The smallest absolute Gasteiger partial charge is 0.161 e. The topological polar surface area (TPSA) is 34.0 Å². The van der Waals surface area contributed by atoms with Crippen LogP contribution in [0.3, 0.4) is 0 Å². The summed E-state index contributed by atoms with van der Waals surface area (Å²) in [7, 11) is 0. The normalized spacial score (nSPS) is 20.5. The van der Waals surface area contributed by atoms with Crippen molar-refractivity contribution in [3.8, 4) is 0 Å². The summed E-state index contributed by atoms with van der Waals surface area (Å²) in [5.41, 5.74) is 2.29. The van der Waals surface area contributed by atoms with Crippen molar-refractivity contribution in [1.29, 1.82) is 0 Å². The first-order valence-corrected chi connectivity index (χ1v) is 8.94. The van der Waals surface area contributed by atoms with E-state index in [4.69, 9.17) is 4.98 Å². The number of piperidine rings is 1. The first kappa shape index (κ1) is 16.4. The monoisotopic (exact) mass is 314 g/mol. The van der Waals surface area contributed by atoms with Gasteiger partial charge in [0.25, 0.3) is 0 Å². The van der Waals surface area contributed by atoms with Crippen LogP contribution in [0.25, 0.3) is 11.2 Å². The number of aromatic nitrogens is 3. The van der Waals surface area contributed by atoms with Crippen LogP contribution in [-0.2, 0) is 6.42 Å². The quantitative estimate of drug-likeness (QED) is 0.841. The Labute approximate surface area is 139 Å². The molecule has 0 saturated carbocycles. The van der Waals surface area contributed by atoms with E-state index in [1.165, 1.54) is 31.6 Å². The number of hydrogen-bond acceptors (Lipinski definition) is 3. The van der Waals surface area contributed by atoms with Gasteiger partial charge < -0.3 is 0 Å². The summed E-state index contributed by atoms with van der Waals surface area (Å²) in [5.74, 6) is 1.18. The summed E-state index contributed by atoms with van der Waals surface area (Å²) in [5, 5.41) is 0. The number of fused-ring (bicyclic) bond motifs is 1. The van der Waals surface area contributed by atoms with Gasteiger partial charge in [-0.25, -0.2) is 9.97 Å². The second kappa shape index (κ2) is 6.23. The molecule has 4 heteroatoms. The molecule has 23 heavy (non-hydrogen) atoms. The molecule has 126 valence electrons. The lowest BCUT2D eigenvalue weighted by Gasteiger charge is -2.40. The highest BCUT2D eigenvalue weighted by Gasteiger charge is 2.30. The zero-order valence-corrected chi connectivity index (χ0v) is 15.2. The molecule has 0 radical (unpaired) electrons. The fourth-order valence-corrected chi connectivity index (χ4v) is 3.70. The van der Waals surface area contributed by atoms with E-state index in [9.17, 15) is 0 Å². The number of rotatable bonds is 3. The molecule has 2 aromatic rings. The summed E-state index contributed by atoms with van der Waals surface area (Å²) < 4.78 is 2.43. The Balaban J connectivity index is 2.11. The van der Waals surface area contributed by atoms with Crippen LogP contribution in [0.4, 0.5) is 0 Å². The molecule has 2 aromatic heterocycles. The van der Waals surface area contributed by atoms with E-state index in [0.717, 1.165) is 17.6 Å². The number of nitrogens with zero attached hydrogens (tertiary/aromatic N) is 4. The summed E-state index contributed by atoms with van der Waals surface area (Å²) in [6.45, 7) is 12.6. The van der Waals surface area contributed by atoms with Gasteiger partial charge in [0, 0.05) is 25.2 Å². The standard InChI is InChI=1S/C19H30N4/c1-14(2)22-12-7-6-10-17(22)23-16(13-19(3,4)5)21-15-9-8-11-20-18(15)23/h8-9,11,14,17H,6-7,10,12-13H2,1-5H3. The van der Waals surface area contributed by atoms with E-state index in [-0.39, 0.29) is 5.41 Å². The number of pyridine rings is 1. The lowest BCUT2D eigenvalue weighted by atomic mass is 9.92. The van der Waals surface area contributed by atoms with Gasteiger partial charge in [0.05, 0.1) is 6.17 Å². The largest absolute Gasteiger partial charge is 0.296 e. The predicted molar refractivity (Wildman–Crippen MR) is 95.4 cm³/mol. The Bertz CT molecular complexity index is 666. The average molecular weight is 314 g/mol. The molecular formula is C19H30N4. The molecule has 1 saturated heterocycles. The van der Waals surface area contributed by atoms with E-state index < -0.39 is 0 Å². The Morgan fingerprint density at radius 3 is 2.74 bits per heavy atom. The van der Waals surface area contributed by atoms with Crippen molar-refractivity contribution in [1.82, 2.24) is 19.4 Å². The highest BCUT2D eigenvalue weighted by Crippen LogP contribution is 2.33. The molecule has 3 rings (SSSR count). The van der Waals surface area contributed by atoms with Gasteiger partial charge in [-0.1, -0.05) is 20.8 Å². The van der Waals surface area contributed by atoms with E-state index in [1.807, 2.05) is 12.3 Å². The van der Waals surface area contributed by atoms with Crippen LogP contribution in [0.15, 0.2) is 18.3 Å². The summed E-state index contributed by atoms with van der Waals surface area (Å²) >= 11 is 0. The third kappa shape index (κ3) is 3.42. The molecule has 1 unspecified atom stereocenters. The highest BCUT2D eigenvalue weighted by molar-refractivity contribution is 5.71. The maximum absolute atomic E-state index is 4.94. The minimum Gasteiger partial charge on any atom is -0.296 e. The number of likely N-dealkylation sites (tertiary alicyclic amines) is 1. The molecule has 0 N–H and O–H groups in total. The van der Waals surface area contributed by atoms with Gasteiger partial charge in [0.2, 0.25) is 0 Å². The van der Waals surface area contributed by atoms with Gasteiger partial charge in [-0.2, -0.15) is 0 Å². The summed E-state index contributed by atoms with van der Waals surface area (Å²) in [4.78, 5) is 12.2. The van der Waals surface area contributed by atoms with Crippen LogP contribution >= 0.6 is 0 Å². The van der Waals surface area contributed by atoms with Crippen LogP contribution in [0.1, 0.15) is 65.9 Å². The van der Waals surface area contributed by atoms with Gasteiger partial charge in [-0.15, -0.1) is 0 Å². The maximum Gasteiger partial charge on any atom is 0.161 e. The molecule has 0 aliphatic carbocycles. The van der Waals surface area contributed by atoms with E-state index in [2.05, 4.69) is 55.1 Å². The molecule has 3 heterocycles. The van der Waals surface area contributed by atoms with Crippen LogP contribution < -0.4 is 0 Å². The fourth-order valence-electron chi connectivity index (χ4n) is 3.70. The van der Waals surface area contributed by atoms with Gasteiger partial charge in [-0.3, -0.25) is 9.47 Å². The van der Waals surface area contributed by atoms with Crippen LogP contribution in [0, 0.1) is 5.41 Å². The minimum atomic E-state index is 0.219. The van der Waals surface area contributed by atoms with Crippen LogP contribution in [-0.4, -0.2) is 32.0 Å². The number of hydrogen-bond donors (Lipinski definition) is 0. The zero-order valence-electron chi connectivity index (χ0n) is 15.2. The van der Waals surface area contributed by atoms with Gasteiger partial charge in [0.15, 0.2) is 5.65 Å². The SMILES string of the molecule is CC(C)N1CCCCC1n1c(CC(C)(C)C)nc2cccnc21. The second-order valence-corrected chi connectivity index (χ2v) is 8.29. The Hall–Kier alpha value is -1.42. The summed E-state index contributed by atoms with van der Waals surface area (Å²) in [6, 6.07) is 4.62. The lowest BCUT2D eigenvalue weighted by molar-refractivity contribution is 0.0638. The third-order valence-corrected chi connectivity index (χ3v) is 4.68. The summed E-state index contributed by atoms with van der Waals surface area (Å²) in [6.07, 6.45) is 7.03. The predicted octanol–water partition coefficient (Wildman–Crippen LogP) is 4.41. The molecule has 1 fully saturated rings. The van der Waals surface area contributed by atoms with Crippen molar-refractivity contribution >= 4 is 11.2 Å². The van der Waals surface area contributed by atoms with E-state index >= 15 is 0 Å². The fraction of sp³-hybridized carbons (Fsp3) is 0.684. The second-order valence-electron chi connectivity index (χ2n) is 8.29. The molecular weight excluding hydrogens is 284 g/mol. The van der Waals surface area contributed by atoms with Crippen molar-refractivity contribution in [2.45, 2.75) is 72.5 Å². The third-order valence-electron chi connectivity index (χ3n) is 4.68. The Morgan fingerprint density at radius 1 is 1.26 bits per heavy atom. The Kier molecular flexibility index (Phi) is 4.45. The van der Waals surface area contributed by atoms with Crippen LogP contribution in [0.5, 0.6) is 0 Å². The van der Waals surface area contributed by atoms with Crippen LogP contribution in [0.2, 0.25) is 0 Å². The molecule has 0 amide bonds. The Morgan fingerprint density at radius 2 is 2.04 bits per heavy atom. The van der Waals surface area contributed by atoms with Gasteiger partial charge in [-0.05, 0) is 50.7 Å². The molecule has 0 spiro atoms. The van der Waals surface area contributed by atoms with Crippen molar-refractivity contribution in [2.75, 3.05) is 6.54 Å². The van der Waals surface area contributed by atoms with Gasteiger partial charge >= 0.3 is 0 Å². The van der Waals surface area contributed by atoms with Crippen molar-refractivity contribution in [2.24, 2.45) is 5.41 Å². The number of imidazole rings is 1. The first-order chi connectivity index (χ1) is 10.9. The molecule has 1 atom stereocenters. The minimum absolute atomic E-state index is 0.219. The zero-order chi connectivity index (χ0) is 16.6. The maximum atomic E-state index is 4.94. The van der Waals surface area contributed by atoms with Crippen molar-refractivity contribution < 1.29 is 0 Å². The first-order valence-electron chi connectivity index (χ1n) is 8.94. The average Bonchev–Trinajstić information content (AvgIpc) is 2.82. The highest BCUT2D eigenvalue weighted by atomic mass is 15.3. The molecule has 1 aliphatic rings. The molecule has 0 aromatic carbocycles. The van der Waals surface area contributed by atoms with Gasteiger partial charge in [0.1, 0.15) is 11.3 Å². The molecule has 1 aliphatic heterocycles. The van der Waals surface area contributed by atoms with E-state index in [1.54, 1.807) is 0 Å². The lowest BCUT2D eigenvalue weighted by Crippen LogP contribution is -2.42. The molecule has 4 nitrogen and oxygen atoms in total. The van der Waals surface area contributed by atoms with Crippen molar-refractivity contribution in [3.05, 3.63) is 24.2 Å². The van der Waals surface area contributed by atoms with Crippen molar-refractivity contribution in [3.63, 3.8) is 0 Å².